The minimum atomic E-state index is -4.19. The molecule has 7 nitrogen and oxygen atoms in total. The summed E-state index contributed by atoms with van der Waals surface area (Å²) in [6.07, 6.45) is -1.11. The Hall–Kier alpha value is -1.61. The van der Waals surface area contributed by atoms with Gasteiger partial charge in [0.05, 0.1) is 7.11 Å². The van der Waals surface area contributed by atoms with E-state index < -0.39 is 27.7 Å². The molecule has 1 rings (SSSR count). The summed E-state index contributed by atoms with van der Waals surface area (Å²) in [5.41, 5.74) is -0.834. The molecule has 0 radical (unpaired) electrons. The number of esters is 1. The maximum Gasteiger partial charge on any atom is 0.421 e. The zero-order valence-electron chi connectivity index (χ0n) is 11.4. The lowest BCUT2D eigenvalue weighted by Gasteiger charge is -2.19. The highest BCUT2D eigenvalue weighted by Gasteiger charge is 2.28. The standard InChI is InChI=1S/C11H15NO6S2/c1-11(2,3)18-10(14)12-20(15,16)7-5-6-19-8(7)9(13)17-4/h5-6H,1-4H3,(H,12,14). The van der Waals surface area contributed by atoms with Crippen LogP contribution in [0.25, 0.3) is 0 Å². The molecule has 0 fully saturated rings. The molecule has 0 saturated heterocycles. The number of thiophene rings is 1. The van der Waals surface area contributed by atoms with E-state index in [1.165, 1.54) is 11.4 Å². The molecule has 0 atom stereocenters. The molecule has 1 aromatic rings. The van der Waals surface area contributed by atoms with Gasteiger partial charge in [-0.25, -0.2) is 22.7 Å². The van der Waals surface area contributed by atoms with Gasteiger partial charge in [-0.2, -0.15) is 0 Å². The molecule has 0 aliphatic rings. The van der Waals surface area contributed by atoms with Crippen molar-refractivity contribution in [3.8, 4) is 0 Å². The van der Waals surface area contributed by atoms with Crippen LogP contribution in [0.5, 0.6) is 0 Å². The normalized spacial score (nSPS) is 11.8. The molecule has 1 heterocycles. The number of sulfonamides is 1. The summed E-state index contributed by atoms with van der Waals surface area (Å²) in [5, 5.41) is 1.41. The summed E-state index contributed by atoms with van der Waals surface area (Å²) >= 11 is 0.904. The van der Waals surface area contributed by atoms with Gasteiger partial charge in [0.2, 0.25) is 0 Å². The monoisotopic (exact) mass is 321 g/mol. The molecule has 0 aromatic carbocycles. The first-order valence-corrected chi connectivity index (χ1v) is 7.85. The number of methoxy groups -OCH3 is 1. The molecule has 0 aliphatic carbocycles. The Balaban J connectivity index is 2.98. The summed E-state index contributed by atoms with van der Waals surface area (Å²) < 4.78 is 35.1. The molecule has 0 bridgehead atoms. The van der Waals surface area contributed by atoms with Crippen molar-refractivity contribution < 1.29 is 27.5 Å². The molecule has 1 amide bonds. The third-order valence-electron chi connectivity index (χ3n) is 1.91. The third kappa shape index (κ3) is 4.20. The minimum absolute atomic E-state index is 0.108. The third-order valence-corrected chi connectivity index (χ3v) is 4.28. The van der Waals surface area contributed by atoms with Crippen LogP contribution in [0.4, 0.5) is 4.79 Å². The van der Waals surface area contributed by atoms with E-state index in [9.17, 15) is 18.0 Å². The lowest BCUT2D eigenvalue weighted by atomic mass is 10.2. The first-order valence-electron chi connectivity index (χ1n) is 5.48. The van der Waals surface area contributed by atoms with Crippen LogP contribution in [0, 0.1) is 0 Å². The molecular weight excluding hydrogens is 306 g/mol. The molecular formula is C11H15NO6S2. The van der Waals surface area contributed by atoms with Gasteiger partial charge < -0.3 is 9.47 Å². The number of nitrogens with one attached hydrogen (secondary N) is 1. The van der Waals surface area contributed by atoms with Crippen molar-refractivity contribution in [2.24, 2.45) is 0 Å². The Bertz CT molecular complexity index is 611. The summed E-state index contributed by atoms with van der Waals surface area (Å²) in [4.78, 5) is 22.5. The highest BCUT2D eigenvalue weighted by Crippen LogP contribution is 2.22. The molecule has 0 aliphatic heterocycles. The van der Waals surface area contributed by atoms with Gasteiger partial charge in [0.15, 0.2) is 0 Å². The Morgan fingerprint density at radius 2 is 1.90 bits per heavy atom. The van der Waals surface area contributed by atoms with Gasteiger partial charge >= 0.3 is 12.1 Å². The van der Waals surface area contributed by atoms with Gasteiger partial charge in [-0.3, -0.25) is 0 Å². The second kappa shape index (κ2) is 5.80. The van der Waals surface area contributed by atoms with E-state index in [0.29, 0.717) is 0 Å². The van der Waals surface area contributed by atoms with Crippen molar-refractivity contribution in [1.29, 1.82) is 0 Å². The highest BCUT2D eigenvalue weighted by atomic mass is 32.2. The van der Waals surface area contributed by atoms with Crippen LogP contribution in [0.2, 0.25) is 0 Å². The van der Waals surface area contributed by atoms with Crippen LogP contribution in [-0.2, 0) is 19.5 Å². The van der Waals surface area contributed by atoms with Crippen molar-refractivity contribution in [1.82, 2.24) is 4.72 Å². The second-order valence-electron chi connectivity index (χ2n) is 4.71. The number of ether oxygens (including phenoxy) is 2. The number of amides is 1. The lowest BCUT2D eigenvalue weighted by molar-refractivity contribution is 0.0564. The topological polar surface area (TPSA) is 98.8 Å². The maximum atomic E-state index is 12.0. The molecule has 9 heteroatoms. The summed E-state index contributed by atoms with van der Waals surface area (Å²) in [5.74, 6) is -0.787. The fourth-order valence-corrected chi connectivity index (χ4v) is 3.42. The van der Waals surface area contributed by atoms with Gasteiger partial charge in [-0.15, -0.1) is 11.3 Å². The number of carbonyl (C=O) groups is 2. The van der Waals surface area contributed by atoms with Gasteiger partial charge in [0.25, 0.3) is 10.0 Å². The Morgan fingerprint density at radius 3 is 2.40 bits per heavy atom. The lowest BCUT2D eigenvalue weighted by Crippen LogP contribution is -2.36. The van der Waals surface area contributed by atoms with Crippen LogP contribution in [-0.4, -0.2) is 33.2 Å². The SMILES string of the molecule is COC(=O)c1sccc1S(=O)(=O)NC(=O)OC(C)(C)C. The number of hydrogen-bond donors (Lipinski definition) is 1. The maximum absolute atomic E-state index is 12.0. The van der Waals surface area contributed by atoms with E-state index in [0.717, 1.165) is 18.4 Å². The van der Waals surface area contributed by atoms with Crippen LogP contribution in [0.15, 0.2) is 16.3 Å². The molecule has 1 aromatic heterocycles. The molecule has 0 unspecified atom stereocenters. The minimum Gasteiger partial charge on any atom is -0.465 e. The van der Waals surface area contributed by atoms with Crippen LogP contribution in [0.3, 0.4) is 0 Å². The van der Waals surface area contributed by atoms with E-state index in [1.54, 1.807) is 25.5 Å². The largest absolute Gasteiger partial charge is 0.465 e. The quantitative estimate of drug-likeness (QED) is 0.852. The molecule has 0 spiro atoms. The predicted molar refractivity (Wildman–Crippen MR) is 72.2 cm³/mol. The number of carbonyl (C=O) groups excluding carboxylic acids is 2. The van der Waals surface area contributed by atoms with Crippen LogP contribution in [0.1, 0.15) is 30.4 Å². The fourth-order valence-electron chi connectivity index (χ4n) is 1.21. The van der Waals surface area contributed by atoms with Crippen LogP contribution < -0.4 is 4.72 Å². The highest BCUT2D eigenvalue weighted by molar-refractivity contribution is 7.90. The van der Waals surface area contributed by atoms with E-state index in [-0.39, 0.29) is 9.77 Å². The average molecular weight is 321 g/mol. The predicted octanol–water partition coefficient (Wildman–Crippen LogP) is 1.75. The smallest absolute Gasteiger partial charge is 0.421 e. The zero-order valence-corrected chi connectivity index (χ0v) is 13.1. The fraction of sp³-hybridized carbons (Fsp3) is 0.455. The zero-order chi connectivity index (χ0) is 15.6. The second-order valence-corrected chi connectivity index (χ2v) is 7.28. The summed E-state index contributed by atoms with van der Waals surface area (Å²) in [6.45, 7) is 4.80. The van der Waals surface area contributed by atoms with Crippen molar-refractivity contribution in [3.63, 3.8) is 0 Å². The van der Waals surface area contributed by atoms with Crippen molar-refractivity contribution in [2.45, 2.75) is 31.3 Å². The number of hydrogen-bond acceptors (Lipinski definition) is 7. The van der Waals surface area contributed by atoms with Crippen molar-refractivity contribution in [2.75, 3.05) is 7.11 Å². The Labute approximate surface area is 120 Å². The van der Waals surface area contributed by atoms with E-state index >= 15 is 0 Å². The summed E-state index contributed by atoms with van der Waals surface area (Å²) in [6, 6.07) is 1.21. The van der Waals surface area contributed by atoms with Gasteiger partial charge in [-0.05, 0) is 32.2 Å². The summed E-state index contributed by atoms with van der Waals surface area (Å²) in [7, 11) is -3.05. The molecule has 20 heavy (non-hydrogen) atoms. The molecule has 112 valence electrons. The van der Waals surface area contributed by atoms with Gasteiger partial charge in [0, 0.05) is 0 Å². The van der Waals surface area contributed by atoms with E-state index in [4.69, 9.17) is 4.74 Å². The molecule has 1 N–H and O–H groups in total. The Morgan fingerprint density at radius 1 is 1.30 bits per heavy atom. The average Bonchev–Trinajstić information content (AvgIpc) is 2.73. The number of rotatable bonds is 3. The first-order chi connectivity index (χ1) is 9.07. The van der Waals surface area contributed by atoms with E-state index in [2.05, 4.69) is 4.74 Å². The Kier molecular flexibility index (Phi) is 4.77. The van der Waals surface area contributed by atoms with E-state index in [1.807, 2.05) is 0 Å². The first kappa shape index (κ1) is 16.4. The van der Waals surface area contributed by atoms with Crippen molar-refractivity contribution in [3.05, 3.63) is 16.3 Å². The van der Waals surface area contributed by atoms with Crippen molar-refractivity contribution >= 4 is 33.4 Å². The van der Waals surface area contributed by atoms with Gasteiger partial charge in [-0.1, -0.05) is 0 Å². The van der Waals surface area contributed by atoms with Crippen LogP contribution >= 0.6 is 11.3 Å². The molecule has 0 saturated carbocycles. The van der Waals surface area contributed by atoms with Gasteiger partial charge in [0.1, 0.15) is 15.4 Å².